The van der Waals surface area contributed by atoms with Crippen LogP contribution in [-0.2, 0) is 19.7 Å². The van der Waals surface area contributed by atoms with Crippen LogP contribution in [0.3, 0.4) is 0 Å². The van der Waals surface area contributed by atoms with E-state index in [0.29, 0.717) is 6.61 Å². The Bertz CT molecular complexity index is 580. The Morgan fingerprint density at radius 3 is 2.85 bits per heavy atom. The standard InChI is InChI=1S/C15H20ClN3O/c1-4-19-14(7-11(2)18-19)10-20-15-6-5-13(16)8-12(15)9-17-3/h5-8,17H,4,9-10H2,1-3H3. The van der Waals surface area contributed by atoms with Crippen LogP contribution in [0.5, 0.6) is 5.75 Å². The Morgan fingerprint density at radius 2 is 2.15 bits per heavy atom. The van der Waals surface area contributed by atoms with Crippen LogP contribution in [0.2, 0.25) is 5.02 Å². The molecule has 1 N–H and O–H groups in total. The fraction of sp³-hybridized carbons (Fsp3) is 0.400. The van der Waals surface area contributed by atoms with Crippen molar-refractivity contribution in [3.63, 3.8) is 0 Å². The van der Waals surface area contributed by atoms with Gasteiger partial charge in [-0.25, -0.2) is 0 Å². The molecule has 2 rings (SSSR count). The molecule has 4 nitrogen and oxygen atoms in total. The molecule has 0 saturated heterocycles. The van der Waals surface area contributed by atoms with Crippen LogP contribution < -0.4 is 10.1 Å². The third-order valence-electron chi connectivity index (χ3n) is 3.05. The number of hydrogen-bond donors (Lipinski definition) is 1. The first-order valence-corrected chi connectivity index (χ1v) is 7.11. The van der Waals surface area contributed by atoms with Crippen molar-refractivity contribution in [3.8, 4) is 5.75 Å². The van der Waals surface area contributed by atoms with E-state index in [1.165, 1.54) is 0 Å². The highest BCUT2D eigenvalue weighted by atomic mass is 35.5. The minimum Gasteiger partial charge on any atom is -0.487 e. The van der Waals surface area contributed by atoms with Crippen LogP contribution >= 0.6 is 11.6 Å². The second kappa shape index (κ2) is 6.77. The predicted molar refractivity (Wildman–Crippen MR) is 81.2 cm³/mol. The van der Waals surface area contributed by atoms with Gasteiger partial charge in [0.05, 0.1) is 11.4 Å². The van der Waals surface area contributed by atoms with Gasteiger partial charge < -0.3 is 10.1 Å². The number of ether oxygens (including phenoxy) is 1. The predicted octanol–water partition coefficient (Wildman–Crippen LogP) is 3.16. The van der Waals surface area contributed by atoms with Gasteiger partial charge in [0.2, 0.25) is 0 Å². The van der Waals surface area contributed by atoms with Crippen molar-refractivity contribution in [1.82, 2.24) is 15.1 Å². The minimum atomic E-state index is 0.507. The van der Waals surface area contributed by atoms with Gasteiger partial charge >= 0.3 is 0 Å². The van der Waals surface area contributed by atoms with Gasteiger partial charge in [0.15, 0.2) is 0 Å². The Hall–Kier alpha value is -1.52. The zero-order valence-electron chi connectivity index (χ0n) is 12.1. The van der Waals surface area contributed by atoms with Crippen molar-refractivity contribution < 1.29 is 4.74 Å². The first kappa shape index (κ1) is 14.9. The highest BCUT2D eigenvalue weighted by Crippen LogP contribution is 2.23. The van der Waals surface area contributed by atoms with E-state index in [2.05, 4.69) is 23.4 Å². The molecule has 0 fully saturated rings. The maximum atomic E-state index is 6.02. The van der Waals surface area contributed by atoms with E-state index in [1.54, 1.807) is 0 Å². The molecule has 0 unspecified atom stereocenters. The Balaban J connectivity index is 2.13. The number of rotatable bonds is 6. The van der Waals surface area contributed by atoms with Crippen molar-refractivity contribution in [2.75, 3.05) is 7.05 Å². The summed E-state index contributed by atoms with van der Waals surface area (Å²) in [6.45, 7) is 6.14. The lowest BCUT2D eigenvalue weighted by molar-refractivity contribution is 0.289. The van der Waals surface area contributed by atoms with Crippen molar-refractivity contribution in [3.05, 3.63) is 46.2 Å². The van der Waals surface area contributed by atoms with Gasteiger partial charge in [-0.3, -0.25) is 4.68 Å². The van der Waals surface area contributed by atoms with Crippen molar-refractivity contribution in [2.45, 2.75) is 33.5 Å². The van der Waals surface area contributed by atoms with E-state index in [-0.39, 0.29) is 0 Å². The maximum Gasteiger partial charge on any atom is 0.130 e. The average molecular weight is 294 g/mol. The summed E-state index contributed by atoms with van der Waals surface area (Å²) in [4.78, 5) is 0. The van der Waals surface area contributed by atoms with Crippen LogP contribution in [0.1, 0.15) is 23.9 Å². The molecule has 20 heavy (non-hydrogen) atoms. The lowest BCUT2D eigenvalue weighted by atomic mass is 10.2. The number of aryl methyl sites for hydroxylation is 2. The van der Waals surface area contributed by atoms with Crippen LogP contribution in [0.15, 0.2) is 24.3 Å². The zero-order chi connectivity index (χ0) is 14.5. The quantitative estimate of drug-likeness (QED) is 0.889. The van der Waals surface area contributed by atoms with E-state index < -0.39 is 0 Å². The molecule has 2 aromatic rings. The number of hydrogen-bond acceptors (Lipinski definition) is 3. The Labute approximate surface area is 124 Å². The lowest BCUT2D eigenvalue weighted by Gasteiger charge is -2.12. The summed E-state index contributed by atoms with van der Waals surface area (Å²) in [6, 6.07) is 7.74. The molecule has 5 heteroatoms. The van der Waals surface area contributed by atoms with E-state index in [9.17, 15) is 0 Å². The van der Waals surface area contributed by atoms with Gasteiger partial charge in [-0.2, -0.15) is 5.10 Å². The fourth-order valence-electron chi connectivity index (χ4n) is 2.16. The van der Waals surface area contributed by atoms with Crippen LogP contribution in [0.25, 0.3) is 0 Å². The zero-order valence-corrected chi connectivity index (χ0v) is 12.9. The summed E-state index contributed by atoms with van der Waals surface area (Å²) in [6.07, 6.45) is 0. The molecule has 0 amide bonds. The minimum absolute atomic E-state index is 0.507. The van der Waals surface area contributed by atoms with Gasteiger partial charge in [0.1, 0.15) is 12.4 Å². The Kier molecular flexibility index (Phi) is 5.04. The molecule has 0 aliphatic carbocycles. The van der Waals surface area contributed by atoms with E-state index >= 15 is 0 Å². The molecule has 1 aromatic heterocycles. The smallest absolute Gasteiger partial charge is 0.130 e. The second-order valence-corrected chi connectivity index (χ2v) is 5.10. The molecule has 0 bridgehead atoms. The molecule has 1 heterocycles. The number of benzene rings is 1. The van der Waals surface area contributed by atoms with Crippen molar-refractivity contribution >= 4 is 11.6 Å². The van der Waals surface area contributed by atoms with Gasteiger partial charge in [-0.1, -0.05) is 11.6 Å². The van der Waals surface area contributed by atoms with Crippen LogP contribution in [0.4, 0.5) is 0 Å². The number of nitrogens with zero attached hydrogens (tertiary/aromatic N) is 2. The molecule has 1 aromatic carbocycles. The summed E-state index contributed by atoms with van der Waals surface area (Å²) in [7, 11) is 1.90. The number of halogens is 1. The largest absolute Gasteiger partial charge is 0.487 e. The van der Waals surface area contributed by atoms with Gasteiger partial charge in [0.25, 0.3) is 0 Å². The summed E-state index contributed by atoms with van der Waals surface area (Å²) >= 11 is 6.02. The Morgan fingerprint density at radius 1 is 1.35 bits per heavy atom. The lowest BCUT2D eigenvalue weighted by Crippen LogP contribution is -2.09. The molecule has 0 atom stereocenters. The number of aromatic nitrogens is 2. The van der Waals surface area contributed by atoms with Gasteiger partial charge in [0, 0.05) is 23.7 Å². The van der Waals surface area contributed by atoms with Crippen molar-refractivity contribution in [2.24, 2.45) is 0 Å². The number of nitrogens with one attached hydrogen (secondary N) is 1. The summed E-state index contributed by atoms with van der Waals surface area (Å²) in [5.41, 5.74) is 3.15. The molecule has 0 saturated carbocycles. The topological polar surface area (TPSA) is 39.1 Å². The second-order valence-electron chi connectivity index (χ2n) is 4.66. The van der Waals surface area contributed by atoms with Crippen LogP contribution in [0, 0.1) is 6.92 Å². The first-order valence-electron chi connectivity index (χ1n) is 6.73. The van der Waals surface area contributed by atoms with E-state index in [0.717, 1.165) is 40.8 Å². The fourth-order valence-corrected chi connectivity index (χ4v) is 2.35. The molecule has 0 aliphatic rings. The third-order valence-corrected chi connectivity index (χ3v) is 3.29. The highest BCUT2D eigenvalue weighted by molar-refractivity contribution is 6.30. The van der Waals surface area contributed by atoms with Gasteiger partial charge in [-0.05, 0) is 45.2 Å². The molecule has 0 aliphatic heterocycles. The average Bonchev–Trinajstić information content (AvgIpc) is 2.78. The van der Waals surface area contributed by atoms with Crippen LogP contribution in [-0.4, -0.2) is 16.8 Å². The SMILES string of the molecule is CCn1nc(C)cc1COc1ccc(Cl)cc1CNC. The summed E-state index contributed by atoms with van der Waals surface area (Å²) < 4.78 is 7.89. The first-order chi connectivity index (χ1) is 9.63. The monoisotopic (exact) mass is 293 g/mol. The summed E-state index contributed by atoms with van der Waals surface area (Å²) in [5, 5.41) is 8.26. The molecular formula is C15H20ClN3O. The van der Waals surface area contributed by atoms with E-state index in [4.69, 9.17) is 16.3 Å². The molecule has 0 radical (unpaired) electrons. The molecular weight excluding hydrogens is 274 g/mol. The highest BCUT2D eigenvalue weighted by Gasteiger charge is 2.08. The normalized spacial score (nSPS) is 10.8. The molecule has 0 spiro atoms. The maximum absolute atomic E-state index is 6.02. The third kappa shape index (κ3) is 3.52. The van der Waals surface area contributed by atoms with Crippen molar-refractivity contribution in [1.29, 1.82) is 0 Å². The molecule has 108 valence electrons. The summed E-state index contributed by atoms with van der Waals surface area (Å²) in [5.74, 6) is 0.852. The van der Waals surface area contributed by atoms with Gasteiger partial charge in [-0.15, -0.1) is 0 Å². The van der Waals surface area contributed by atoms with E-state index in [1.807, 2.05) is 36.9 Å².